The van der Waals surface area contributed by atoms with Gasteiger partial charge in [-0.3, -0.25) is 4.79 Å². The van der Waals surface area contributed by atoms with Crippen LogP contribution in [0, 0.1) is 6.92 Å². The average Bonchev–Trinajstić information content (AvgIpc) is 2.95. The number of amides is 1. The van der Waals surface area contributed by atoms with E-state index in [4.69, 9.17) is 0 Å². The van der Waals surface area contributed by atoms with Gasteiger partial charge in [0.2, 0.25) is 5.95 Å². The summed E-state index contributed by atoms with van der Waals surface area (Å²) >= 11 is 0. The standard InChI is InChI=1S/C19H24N4O3S/c1-12(2)16-6-4-5-13(3)17(16)23-18(24)14-9-20-19(21-10-14)22-15-7-8-27(25,26)11-15/h4-6,9-10,12,15H,7-8,11H2,1-3H3,(H,23,24)(H,20,21,22). The molecule has 1 amide bonds. The predicted octanol–water partition coefficient (Wildman–Crippen LogP) is 2.76. The minimum Gasteiger partial charge on any atom is -0.350 e. The van der Waals surface area contributed by atoms with Crippen LogP contribution in [0.5, 0.6) is 0 Å². The Bertz CT molecular complexity index is 940. The fourth-order valence-corrected chi connectivity index (χ4v) is 4.81. The largest absolute Gasteiger partial charge is 0.350 e. The molecular weight excluding hydrogens is 364 g/mol. The lowest BCUT2D eigenvalue weighted by Gasteiger charge is -2.16. The molecule has 1 aliphatic rings. The van der Waals surface area contributed by atoms with Crippen LogP contribution in [0.3, 0.4) is 0 Å². The maximum atomic E-state index is 12.6. The third-order valence-electron chi connectivity index (χ3n) is 4.65. The lowest BCUT2D eigenvalue weighted by atomic mass is 9.98. The number of nitrogens with zero attached hydrogens (tertiary/aromatic N) is 2. The number of para-hydroxylation sites is 1. The number of anilines is 2. The first kappa shape index (κ1) is 19.3. The van der Waals surface area contributed by atoms with Gasteiger partial charge in [-0.2, -0.15) is 0 Å². The molecule has 0 radical (unpaired) electrons. The summed E-state index contributed by atoms with van der Waals surface area (Å²) in [6, 6.07) is 5.76. The van der Waals surface area contributed by atoms with E-state index in [0.29, 0.717) is 17.9 Å². The van der Waals surface area contributed by atoms with Crippen molar-refractivity contribution in [2.24, 2.45) is 0 Å². The van der Waals surface area contributed by atoms with E-state index in [2.05, 4.69) is 34.4 Å². The fourth-order valence-electron chi connectivity index (χ4n) is 3.14. The van der Waals surface area contributed by atoms with Crippen LogP contribution in [-0.2, 0) is 9.84 Å². The van der Waals surface area contributed by atoms with E-state index in [1.54, 1.807) is 0 Å². The van der Waals surface area contributed by atoms with Crippen LogP contribution in [0.4, 0.5) is 11.6 Å². The summed E-state index contributed by atoms with van der Waals surface area (Å²) in [5.74, 6) is 0.600. The molecule has 2 aromatic rings. The van der Waals surface area contributed by atoms with E-state index >= 15 is 0 Å². The summed E-state index contributed by atoms with van der Waals surface area (Å²) in [4.78, 5) is 20.9. The van der Waals surface area contributed by atoms with Crippen LogP contribution in [0.2, 0.25) is 0 Å². The Labute approximate surface area is 159 Å². The monoisotopic (exact) mass is 388 g/mol. The highest BCUT2D eigenvalue weighted by atomic mass is 32.2. The normalized spacial score (nSPS) is 18.4. The minimum absolute atomic E-state index is 0.0872. The van der Waals surface area contributed by atoms with Gasteiger partial charge in [0.25, 0.3) is 5.91 Å². The minimum atomic E-state index is -2.97. The van der Waals surface area contributed by atoms with Gasteiger partial charge in [0.15, 0.2) is 9.84 Å². The van der Waals surface area contributed by atoms with Gasteiger partial charge >= 0.3 is 0 Å². The first-order valence-electron chi connectivity index (χ1n) is 8.95. The molecule has 0 spiro atoms. The molecule has 1 unspecified atom stereocenters. The Morgan fingerprint density at radius 1 is 1.22 bits per heavy atom. The van der Waals surface area contributed by atoms with Gasteiger partial charge in [-0.1, -0.05) is 32.0 Å². The summed E-state index contributed by atoms with van der Waals surface area (Å²) in [6.45, 7) is 6.12. The number of rotatable bonds is 5. The first-order valence-corrected chi connectivity index (χ1v) is 10.8. The van der Waals surface area contributed by atoms with Gasteiger partial charge in [0.1, 0.15) is 0 Å². The van der Waals surface area contributed by atoms with Crippen molar-refractivity contribution in [1.82, 2.24) is 9.97 Å². The molecule has 144 valence electrons. The number of hydrogen-bond donors (Lipinski definition) is 2. The van der Waals surface area contributed by atoms with Crippen LogP contribution >= 0.6 is 0 Å². The van der Waals surface area contributed by atoms with Crippen molar-refractivity contribution in [3.05, 3.63) is 47.3 Å². The van der Waals surface area contributed by atoms with Crippen molar-refractivity contribution in [2.45, 2.75) is 39.2 Å². The second-order valence-electron chi connectivity index (χ2n) is 7.19. The van der Waals surface area contributed by atoms with Gasteiger partial charge in [0, 0.05) is 24.1 Å². The molecule has 1 aromatic carbocycles. The van der Waals surface area contributed by atoms with Crippen LogP contribution in [0.1, 0.15) is 47.7 Å². The zero-order valence-electron chi connectivity index (χ0n) is 15.7. The van der Waals surface area contributed by atoms with Gasteiger partial charge < -0.3 is 10.6 Å². The second kappa shape index (κ2) is 7.64. The predicted molar refractivity (Wildman–Crippen MR) is 106 cm³/mol. The number of carbonyl (C=O) groups excluding carboxylic acids is 1. The van der Waals surface area contributed by atoms with Gasteiger partial charge in [-0.15, -0.1) is 0 Å². The van der Waals surface area contributed by atoms with Crippen molar-refractivity contribution in [3.8, 4) is 0 Å². The molecular formula is C19H24N4O3S. The molecule has 1 aliphatic heterocycles. The Hall–Kier alpha value is -2.48. The van der Waals surface area contributed by atoms with E-state index in [1.165, 1.54) is 12.4 Å². The highest BCUT2D eigenvalue weighted by molar-refractivity contribution is 7.91. The summed E-state index contributed by atoms with van der Waals surface area (Å²) in [5.41, 5.74) is 3.23. The molecule has 7 nitrogen and oxygen atoms in total. The Balaban J connectivity index is 1.70. The zero-order chi connectivity index (χ0) is 19.6. The Morgan fingerprint density at radius 2 is 1.93 bits per heavy atom. The lowest BCUT2D eigenvalue weighted by molar-refractivity contribution is 0.102. The lowest BCUT2D eigenvalue weighted by Crippen LogP contribution is -2.22. The number of aryl methyl sites for hydroxylation is 1. The first-order chi connectivity index (χ1) is 12.7. The third kappa shape index (κ3) is 4.63. The maximum absolute atomic E-state index is 12.6. The van der Waals surface area contributed by atoms with E-state index in [-0.39, 0.29) is 29.4 Å². The van der Waals surface area contributed by atoms with Gasteiger partial charge in [0.05, 0.1) is 17.1 Å². The van der Waals surface area contributed by atoms with Crippen LogP contribution < -0.4 is 10.6 Å². The zero-order valence-corrected chi connectivity index (χ0v) is 16.5. The van der Waals surface area contributed by atoms with E-state index < -0.39 is 9.84 Å². The van der Waals surface area contributed by atoms with Gasteiger partial charge in [-0.25, -0.2) is 18.4 Å². The molecule has 0 aliphatic carbocycles. The number of nitrogens with one attached hydrogen (secondary N) is 2. The number of carbonyl (C=O) groups is 1. The summed E-state index contributed by atoms with van der Waals surface area (Å²) in [5, 5.41) is 5.97. The van der Waals surface area contributed by atoms with Crippen molar-refractivity contribution in [2.75, 3.05) is 22.1 Å². The molecule has 1 atom stereocenters. The molecule has 1 aromatic heterocycles. The molecule has 27 heavy (non-hydrogen) atoms. The van der Waals surface area contributed by atoms with E-state index in [1.807, 2.05) is 25.1 Å². The topological polar surface area (TPSA) is 101 Å². The SMILES string of the molecule is Cc1cccc(C(C)C)c1NC(=O)c1cnc(NC2CCS(=O)(=O)C2)nc1. The fraction of sp³-hybridized carbons (Fsp3) is 0.421. The van der Waals surface area contributed by atoms with E-state index in [9.17, 15) is 13.2 Å². The highest BCUT2D eigenvalue weighted by Crippen LogP contribution is 2.27. The van der Waals surface area contributed by atoms with Gasteiger partial charge in [-0.05, 0) is 30.4 Å². The molecule has 2 heterocycles. The number of hydrogen-bond acceptors (Lipinski definition) is 6. The quantitative estimate of drug-likeness (QED) is 0.817. The van der Waals surface area contributed by atoms with Crippen LogP contribution in [0.15, 0.2) is 30.6 Å². The average molecular weight is 388 g/mol. The maximum Gasteiger partial charge on any atom is 0.258 e. The van der Waals surface area contributed by atoms with Crippen molar-refractivity contribution >= 4 is 27.4 Å². The summed E-state index contributed by atoms with van der Waals surface area (Å²) in [7, 11) is -2.97. The van der Waals surface area contributed by atoms with Crippen molar-refractivity contribution in [3.63, 3.8) is 0 Å². The molecule has 3 rings (SSSR count). The molecule has 1 saturated heterocycles. The number of benzene rings is 1. The van der Waals surface area contributed by atoms with Crippen molar-refractivity contribution < 1.29 is 13.2 Å². The highest BCUT2D eigenvalue weighted by Gasteiger charge is 2.28. The molecule has 0 saturated carbocycles. The summed E-state index contributed by atoms with van der Waals surface area (Å²) < 4.78 is 23.0. The van der Waals surface area contributed by atoms with Crippen LogP contribution in [0.25, 0.3) is 0 Å². The van der Waals surface area contributed by atoms with Crippen LogP contribution in [-0.4, -0.2) is 41.8 Å². The Kier molecular flexibility index (Phi) is 5.46. The number of sulfone groups is 1. The molecule has 1 fully saturated rings. The second-order valence-corrected chi connectivity index (χ2v) is 9.42. The molecule has 8 heteroatoms. The number of aromatic nitrogens is 2. The molecule has 2 N–H and O–H groups in total. The summed E-state index contributed by atoms with van der Waals surface area (Å²) in [6.07, 6.45) is 3.43. The smallest absolute Gasteiger partial charge is 0.258 e. The van der Waals surface area contributed by atoms with Crippen molar-refractivity contribution in [1.29, 1.82) is 0 Å². The Morgan fingerprint density at radius 3 is 2.52 bits per heavy atom. The third-order valence-corrected chi connectivity index (χ3v) is 6.41. The van der Waals surface area contributed by atoms with E-state index in [0.717, 1.165) is 16.8 Å². The molecule has 0 bridgehead atoms.